The summed E-state index contributed by atoms with van der Waals surface area (Å²) in [4.78, 5) is 44.6. The van der Waals surface area contributed by atoms with Crippen molar-refractivity contribution in [1.82, 2.24) is 15.4 Å². The average Bonchev–Trinajstić information content (AvgIpc) is 2.81. The van der Waals surface area contributed by atoms with Crippen molar-refractivity contribution in [3.8, 4) is 5.75 Å². The maximum absolute atomic E-state index is 12.1. The van der Waals surface area contributed by atoms with Gasteiger partial charge in [0.05, 0.1) is 23.0 Å². The second-order valence-electron chi connectivity index (χ2n) is 6.97. The molecule has 33 heavy (non-hydrogen) atoms. The van der Waals surface area contributed by atoms with Gasteiger partial charge in [-0.25, -0.2) is 9.97 Å². The Morgan fingerprint density at radius 3 is 2.64 bits per heavy atom. The molecule has 1 aliphatic heterocycles. The minimum atomic E-state index is -0.639. The van der Waals surface area contributed by atoms with E-state index in [4.69, 9.17) is 32.7 Å². The normalized spacial score (nSPS) is 13.8. The van der Waals surface area contributed by atoms with Crippen molar-refractivity contribution in [2.75, 3.05) is 37.1 Å². The molecule has 3 rings (SSSR count). The number of ether oxygens (including phenoxy) is 2. The van der Waals surface area contributed by atoms with Crippen LogP contribution >= 0.6 is 23.2 Å². The molecule has 1 fully saturated rings. The van der Waals surface area contributed by atoms with Gasteiger partial charge in [-0.15, -0.1) is 0 Å². The second kappa shape index (κ2) is 11.0. The molecule has 1 aromatic heterocycles. The molecule has 0 bridgehead atoms. The van der Waals surface area contributed by atoms with E-state index in [0.717, 1.165) is 6.33 Å². The van der Waals surface area contributed by atoms with E-state index in [2.05, 4.69) is 20.8 Å². The number of amides is 1. The number of halogens is 2. The highest BCUT2D eigenvalue weighted by Gasteiger charge is 2.32. The highest BCUT2D eigenvalue weighted by molar-refractivity contribution is 6.35. The van der Waals surface area contributed by atoms with Crippen molar-refractivity contribution in [3.05, 3.63) is 44.7 Å². The minimum absolute atomic E-state index is 0.0826. The number of methoxy groups -OCH3 is 1. The van der Waals surface area contributed by atoms with Crippen LogP contribution in [0.4, 0.5) is 17.3 Å². The minimum Gasteiger partial charge on any atom is -0.482 e. The topological polar surface area (TPSA) is 149 Å². The zero-order valence-corrected chi connectivity index (χ0v) is 18.9. The molecule has 2 aromatic rings. The number of carbonyl (C=O) groups is 2. The number of piperidine rings is 1. The van der Waals surface area contributed by atoms with Gasteiger partial charge < -0.3 is 14.4 Å². The Morgan fingerprint density at radius 2 is 2.00 bits per heavy atom. The van der Waals surface area contributed by atoms with E-state index >= 15 is 0 Å². The monoisotopic (exact) mass is 498 g/mol. The van der Waals surface area contributed by atoms with Gasteiger partial charge in [-0.05, 0) is 31.0 Å². The number of nitrogens with zero attached hydrogens (tertiary/aromatic N) is 4. The van der Waals surface area contributed by atoms with E-state index in [-0.39, 0.29) is 34.3 Å². The molecular weight excluding hydrogens is 479 g/mol. The summed E-state index contributed by atoms with van der Waals surface area (Å²) in [5.74, 6) is -1.06. The molecular formula is C19H20Cl2N6O6. The third-order valence-electron chi connectivity index (χ3n) is 4.89. The van der Waals surface area contributed by atoms with Gasteiger partial charge in [-0.2, -0.15) is 0 Å². The maximum Gasteiger partial charge on any atom is 0.355 e. The third-order valence-corrected chi connectivity index (χ3v) is 5.42. The van der Waals surface area contributed by atoms with Gasteiger partial charge in [0.2, 0.25) is 11.6 Å². The van der Waals surface area contributed by atoms with Gasteiger partial charge in [0.1, 0.15) is 12.1 Å². The fourth-order valence-electron chi connectivity index (χ4n) is 3.25. The Kier molecular flexibility index (Phi) is 8.06. The molecule has 2 N–H and O–H groups in total. The predicted molar refractivity (Wildman–Crippen MR) is 119 cm³/mol. The van der Waals surface area contributed by atoms with Gasteiger partial charge in [-0.3, -0.25) is 30.6 Å². The highest BCUT2D eigenvalue weighted by atomic mass is 35.5. The number of hydrazine groups is 1. The van der Waals surface area contributed by atoms with Crippen LogP contribution in [0.5, 0.6) is 5.75 Å². The smallest absolute Gasteiger partial charge is 0.355 e. The predicted octanol–water partition coefficient (Wildman–Crippen LogP) is 2.60. The van der Waals surface area contributed by atoms with E-state index in [1.165, 1.54) is 19.2 Å². The SMILES string of the molecule is COC(=O)C1CCN(c2ncnc(NNC(=O)COc3ccc(Cl)cc3Cl)c2[N+](=O)[O-])CC1. The van der Waals surface area contributed by atoms with Gasteiger partial charge in [0.15, 0.2) is 6.61 Å². The molecule has 1 aliphatic rings. The van der Waals surface area contributed by atoms with Gasteiger partial charge in [-0.1, -0.05) is 23.2 Å². The number of nitro groups is 1. The van der Waals surface area contributed by atoms with Crippen LogP contribution in [0.2, 0.25) is 10.0 Å². The number of benzene rings is 1. The Morgan fingerprint density at radius 1 is 1.27 bits per heavy atom. The number of aromatic nitrogens is 2. The van der Waals surface area contributed by atoms with Crippen LogP contribution in [0.15, 0.2) is 24.5 Å². The fraction of sp³-hybridized carbons (Fsp3) is 0.368. The first kappa shape index (κ1) is 24.3. The molecule has 1 amide bonds. The Labute approximate surface area is 198 Å². The molecule has 0 saturated carbocycles. The Hall–Kier alpha value is -3.38. The lowest BCUT2D eigenvalue weighted by Crippen LogP contribution is -2.38. The van der Waals surface area contributed by atoms with Gasteiger partial charge in [0, 0.05) is 18.1 Å². The summed E-state index contributed by atoms with van der Waals surface area (Å²) in [6.45, 7) is 0.333. The first-order valence-electron chi connectivity index (χ1n) is 9.75. The second-order valence-corrected chi connectivity index (χ2v) is 7.82. The first-order valence-corrected chi connectivity index (χ1v) is 10.5. The Balaban J connectivity index is 1.64. The van der Waals surface area contributed by atoms with E-state index in [9.17, 15) is 19.7 Å². The summed E-state index contributed by atoms with van der Waals surface area (Å²) in [6, 6.07) is 4.53. The lowest BCUT2D eigenvalue weighted by molar-refractivity contribution is -0.383. The molecule has 0 aliphatic carbocycles. The lowest BCUT2D eigenvalue weighted by atomic mass is 9.97. The van der Waals surface area contributed by atoms with E-state index in [1.54, 1.807) is 11.0 Å². The summed E-state index contributed by atoms with van der Waals surface area (Å²) in [7, 11) is 1.32. The largest absolute Gasteiger partial charge is 0.482 e. The number of anilines is 2. The van der Waals surface area contributed by atoms with Crippen LogP contribution in [-0.2, 0) is 14.3 Å². The summed E-state index contributed by atoms with van der Waals surface area (Å²) in [5, 5.41) is 12.4. The molecule has 0 spiro atoms. The van der Waals surface area contributed by atoms with Crippen LogP contribution in [0, 0.1) is 16.0 Å². The van der Waals surface area contributed by atoms with E-state index < -0.39 is 23.1 Å². The van der Waals surface area contributed by atoms with Crippen molar-refractivity contribution >= 4 is 52.4 Å². The molecule has 1 aromatic carbocycles. The molecule has 0 unspecified atom stereocenters. The molecule has 0 radical (unpaired) electrons. The summed E-state index contributed by atoms with van der Waals surface area (Å²) < 4.78 is 10.1. The van der Waals surface area contributed by atoms with Crippen LogP contribution in [0.3, 0.4) is 0 Å². The molecule has 0 atom stereocenters. The number of carbonyl (C=O) groups excluding carboxylic acids is 2. The van der Waals surface area contributed by atoms with Crippen LogP contribution in [-0.4, -0.2) is 53.6 Å². The molecule has 14 heteroatoms. The zero-order valence-electron chi connectivity index (χ0n) is 17.4. The van der Waals surface area contributed by atoms with Gasteiger partial charge >= 0.3 is 11.7 Å². The van der Waals surface area contributed by atoms with Gasteiger partial charge in [0.25, 0.3) is 5.91 Å². The zero-order chi connectivity index (χ0) is 24.0. The van der Waals surface area contributed by atoms with Crippen molar-refractivity contribution in [2.45, 2.75) is 12.8 Å². The summed E-state index contributed by atoms with van der Waals surface area (Å²) in [5.41, 5.74) is 4.33. The number of nitrogens with one attached hydrogen (secondary N) is 2. The lowest BCUT2D eigenvalue weighted by Gasteiger charge is -2.31. The van der Waals surface area contributed by atoms with E-state index in [0.29, 0.717) is 31.0 Å². The maximum atomic E-state index is 12.1. The average molecular weight is 499 g/mol. The Bertz CT molecular complexity index is 1050. The molecule has 176 valence electrons. The van der Waals surface area contributed by atoms with Crippen molar-refractivity contribution in [2.24, 2.45) is 5.92 Å². The van der Waals surface area contributed by atoms with Crippen molar-refractivity contribution in [3.63, 3.8) is 0 Å². The first-order chi connectivity index (χ1) is 15.8. The fourth-order valence-corrected chi connectivity index (χ4v) is 3.72. The molecule has 2 heterocycles. The third kappa shape index (κ3) is 6.11. The number of hydrogen-bond donors (Lipinski definition) is 2. The van der Waals surface area contributed by atoms with Crippen LogP contribution in [0.1, 0.15) is 12.8 Å². The quantitative estimate of drug-likeness (QED) is 0.315. The van der Waals surface area contributed by atoms with E-state index in [1.807, 2.05) is 0 Å². The number of hydrogen-bond acceptors (Lipinski definition) is 10. The van der Waals surface area contributed by atoms with Crippen LogP contribution < -0.4 is 20.5 Å². The standard InChI is InChI=1S/C19H20Cl2N6O6/c1-32-19(29)11-4-6-26(7-5-11)18-16(27(30)31)17(22-10-23-18)25-24-15(28)9-33-14-3-2-12(20)8-13(14)21/h2-3,8,10-11H,4-7,9H2,1H3,(H,24,28)(H,22,23,25). The summed E-state index contributed by atoms with van der Waals surface area (Å²) >= 11 is 11.8. The van der Waals surface area contributed by atoms with Crippen LogP contribution in [0.25, 0.3) is 0 Å². The summed E-state index contributed by atoms with van der Waals surface area (Å²) in [6.07, 6.45) is 2.09. The number of rotatable bonds is 8. The highest BCUT2D eigenvalue weighted by Crippen LogP contribution is 2.34. The number of esters is 1. The van der Waals surface area contributed by atoms with Crippen molar-refractivity contribution < 1.29 is 24.0 Å². The van der Waals surface area contributed by atoms with Crippen molar-refractivity contribution in [1.29, 1.82) is 0 Å². The molecule has 1 saturated heterocycles. The molecule has 12 nitrogen and oxygen atoms in total.